The van der Waals surface area contributed by atoms with Crippen LogP contribution in [0.25, 0.3) is 10.9 Å². The molecule has 0 spiro atoms. The van der Waals surface area contributed by atoms with E-state index < -0.39 is 6.04 Å². The molecule has 9 heteroatoms. The molecule has 0 unspecified atom stereocenters. The van der Waals surface area contributed by atoms with Crippen LogP contribution >= 0.6 is 0 Å². The van der Waals surface area contributed by atoms with Crippen LogP contribution in [0.1, 0.15) is 35.1 Å². The first-order valence-corrected chi connectivity index (χ1v) is 15.4. The number of para-hydroxylation sites is 1. The van der Waals surface area contributed by atoms with E-state index in [1.54, 1.807) is 11.0 Å². The summed E-state index contributed by atoms with van der Waals surface area (Å²) in [4.78, 5) is 39.5. The van der Waals surface area contributed by atoms with Gasteiger partial charge in [-0.2, -0.15) is 0 Å². The van der Waals surface area contributed by atoms with Gasteiger partial charge in [0.25, 0.3) is 0 Å². The maximum atomic E-state index is 14.5. The minimum absolute atomic E-state index is 0.0996. The highest BCUT2D eigenvalue weighted by atomic mass is 19.1. The van der Waals surface area contributed by atoms with E-state index >= 15 is 0 Å². The summed E-state index contributed by atoms with van der Waals surface area (Å²) in [5, 5.41) is 4.22. The van der Waals surface area contributed by atoms with Gasteiger partial charge in [-0.3, -0.25) is 4.79 Å². The predicted molar refractivity (Wildman–Crippen MR) is 174 cm³/mol. The van der Waals surface area contributed by atoms with Crippen molar-refractivity contribution < 1.29 is 14.0 Å². The first kappa shape index (κ1) is 29.7. The van der Waals surface area contributed by atoms with E-state index in [0.717, 1.165) is 57.5 Å². The second kappa shape index (κ2) is 12.3. The van der Waals surface area contributed by atoms with Crippen molar-refractivity contribution in [3.63, 3.8) is 0 Å². The summed E-state index contributed by atoms with van der Waals surface area (Å²) in [6, 6.07) is 18.2. The van der Waals surface area contributed by atoms with Gasteiger partial charge in [-0.1, -0.05) is 37.3 Å². The second-order valence-electron chi connectivity index (χ2n) is 12.4. The molecule has 230 valence electrons. The van der Waals surface area contributed by atoms with E-state index in [1.165, 1.54) is 12.1 Å². The van der Waals surface area contributed by atoms with Gasteiger partial charge in [-0.05, 0) is 80.0 Å². The Labute approximate surface area is 258 Å². The summed E-state index contributed by atoms with van der Waals surface area (Å²) >= 11 is 0. The van der Waals surface area contributed by atoms with Gasteiger partial charge >= 0.3 is 6.03 Å². The Morgan fingerprint density at radius 3 is 2.50 bits per heavy atom. The smallest absolute Gasteiger partial charge is 0.318 e. The SMILES string of the molecule is Cc1cc(F)ccc1N1CCN(C(=O)N[C@@H](C(=O)N2CCc3ccc(CN(C)C)cc32)[C@@H](C)c2c[nH]c3ccccc23)CC1. The van der Waals surface area contributed by atoms with Gasteiger partial charge in [-0.25, -0.2) is 9.18 Å². The molecular formula is C35H41FN6O2. The number of hydrogen-bond acceptors (Lipinski definition) is 4. The summed E-state index contributed by atoms with van der Waals surface area (Å²) in [6.45, 7) is 7.56. The highest BCUT2D eigenvalue weighted by Gasteiger charge is 2.37. The molecule has 8 nitrogen and oxygen atoms in total. The number of carbonyl (C=O) groups is 2. The van der Waals surface area contributed by atoms with Gasteiger partial charge in [-0.15, -0.1) is 0 Å². The molecule has 4 aromatic rings. The third-order valence-electron chi connectivity index (χ3n) is 9.03. The largest absolute Gasteiger partial charge is 0.368 e. The van der Waals surface area contributed by atoms with Crippen LogP contribution in [0.3, 0.4) is 0 Å². The molecule has 3 heterocycles. The highest BCUT2D eigenvalue weighted by molar-refractivity contribution is 6.02. The van der Waals surface area contributed by atoms with Gasteiger partial charge in [0.05, 0.1) is 0 Å². The number of aromatic amines is 1. The van der Waals surface area contributed by atoms with Crippen molar-refractivity contribution in [1.82, 2.24) is 20.1 Å². The molecule has 1 fully saturated rings. The van der Waals surface area contributed by atoms with Crippen molar-refractivity contribution in [2.24, 2.45) is 0 Å². The Bertz CT molecular complexity index is 1680. The number of amides is 3. The summed E-state index contributed by atoms with van der Waals surface area (Å²) in [5.41, 5.74) is 7.08. The number of nitrogens with zero attached hydrogens (tertiary/aromatic N) is 4. The summed E-state index contributed by atoms with van der Waals surface area (Å²) in [6.07, 6.45) is 2.74. The van der Waals surface area contributed by atoms with Gasteiger partial charge in [0.15, 0.2) is 0 Å². The normalized spacial score (nSPS) is 16.4. The predicted octanol–water partition coefficient (Wildman–Crippen LogP) is 5.27. The molecule has 6 rings (SSSR count). The third kappa shape index (κ3) is 5.88. The van der Waals surface area contributed by atoms with Crippen LogP contribution in [0, 0.1) is 12.7 Å². The highest BCUT2D eigenvalue weighted by Crippen LogP contribution is 2.34. The van der Waals surface area contributed by atoms with Crippen molar-refractivity contribution in [1.29, 1.82) is 0 Å². The Balaban J connectivity index is 1.24. The molecule has 2 aliphatic rings. The molecule has 0 aliphatic carbocycles. The van der Waals surface area contributed by atoms with E-state index in [4.69, 9.17) is 0 Å². The molecule has 44 heavy (non-hydrogen) atoms. The number of halogens is 1. The Kier molecular flexibility index (Phi) is 8.31. The summed E-state index contributed by atoms with van der Waals surface area (Å²) in [5.74, 6) is -0.629. The number of nitrogens with one attached hydrogen (secondary N) is 2. The molecule has 2 atom stereocenters. The van der Waals surface area contributed by atoms with Crippen molar-refractivity contribution >= 4 is 34.2 Å². The molecule has 0 saturated carbocycles. The molecule has 2 N–H and O–H groups in total. The van der Waals surface area contributed by atoms with Crippen molar-refractivity contribution in [3.05, 3.63) is 94.9 Å². The molecule has 3 aromatic carbocycles. The zero-order valence-corrected chi connectivity index (χ0v) is 25.9. The number of rotatable bonds is 7. The van der Waals surface area contributed by atoms with Crippen molar-refractivity contribution in [2.45, 2.75) is 38.8 Å². The number of hydrogen-bond donors (Lipinski definition) is 2. The minimum Gasteiger partial charge on any atom is -0.368 e. The first-order valence-electron chi connectivity index (χ1n) is 15.4. The van der Waals surface area contributed by atoms with Gasteiger partial charge in [0, 0.05) is 73.7 Å². The Morgan fingerprint density at radius 1 is 0.977 bits per heavy atom. The fourth-order valence-corrected chi connectivity index (χ4v) is 6.68. The first-order chi connectivity index (χ1) is 21.2. The van der Waals surface area contributed by atoms with E-state index in [9.17, 15) is 14.0 Å². The van der Waals surface area contributed by atoms with Crippen LogP contribution in [-0.4, -0.2) is 79.6 Å². The zero-order valence-electron chi connectivity index (χ0n) is 25.9. The number of carbonyl (C=O) groups excluding carboxylic acids is 2. The number of anilines is 2. The summed E-state index contributed by atoms with van der Waals surface area (Å²) < 4.78 is 13.7. The quantitative estimate of drug-likeness (QED) is 0.305. The van der Waals surface area contributed by atoms with Crippen LogP contribution in [0.4, 0.5) is 20.6 Å². The monoisotopic (exact) mass is 596 g/mol. The minimum atomic E-state index is -0.762. The number of piperazine rings is 1. The van der Waals surface area contributed by atoms with Crippen molar-refractivity contribution in [3.8, 4) is 0 Å². The lowest BCUT2D eigenvalue weighted by Gasteiger charge is -2.38. The number of aryl methyl sites for hydroxylation is 1. The molecule has 0 radical (unpaired) electrons. The van der Waals surface area contributed by atoms with E-state index in [1.807, 2.05) is 57.2 Å². The average Bonchev–Trinajstić information content (AvgIpc) is 3.63. The topological polar surface area (TPSA) is 74.9 Å². The molecule has 1 saturated heterocycles. The number of benzene rings is 3. The van der Waals surface area contributed by atoms with Crippen LogP contribution < -0.4 is 15.1 Å². The number of urea groups is 1. The fourth-order valence-electron chi connectivity index (χ4n) is 6.68. The van der Waals surface area contributed by atoms with Crippen molar-refractivity contribution in [2.75, 3.05) is 56.6 Å². The zero-order chi connectivity index (χ0) is 31.0. The van der Waals surface area contributed by atoms with E-state index in [-0.39, 0.29) is 23.7 Å². The van der Waals surface area contributed by atoms with Crippen LogP contribution in [0.5, 0.6) is 0 Å². The third-order valence-corrected chi connectivity index (χ3v) is 9.03. The lowest BCUT2D eigenvalue weighted by atomic mass is 9.91. The molecule has 1 aromatic heterocycles. The average molecular weight is 597 g/mol. The van der Waals surface area contributed by atoms with Gasteiger partial charge in [0.2, 0.25) is 5.91 Å². The van der Waals surface area contributed by atoms with Gasteiger partial charge in [0.1, 0.15) is 11.9 Å². The molecule has 3 amide bonds. The van der Waals surface area contributed by atoms with Crippen LogP contribution in [0.2, 0.25) is 0 Å². The standard InChI is InChI=1S/C35H41FN6O2/c1-23-19-27(36)11-12-31(23)40-15-17-41(18-16-40)35(44)38-33(24(2)29-21-37-30-8-6-5-7-28(29)30)34(43)42-14-13-26-10-9-25(20-32(26)42)22-39(3)4/h5-12,19-21,24,33,37H,13-18,22H2,1-4H3,(H,38,44)/t24-,33+/m0/s1. The number of fused-ring (bicyclic) bond motifs is 2. The molecular weight excluding hydrogens is 555 g/mol. The summed E-state index contributed by atoms with van der Waals surface area (Å²) in [7, 11) is 4.07. The number of aromatic nitrogens is 1. The van der Waals surface area contributed by atoms with E-state index in [2.05, 4.69) is 44.4 Å². The Morgan fingerprint density at radius 2 is 1.75 bits per heavy atom. The lowest BCUT2D eigenvalue weighted by Crippen LogP contribution is -2.57. The van der Waals surface area contributed by atoms with Gasteiger partial charge < -0.3 is 29.9 Å². The number of H-pyrrole nitrogens is 1. The van der Waals surface area contributed by atoms with Crippen LogP contribution in [-0.2, 0) is 17.8 Å². The molecule has 2 aliphatic heterocycles. The Hall–Kier alpha value is -4.37. The maximum absolute atomic E-state index is 14.5. The van der Waals surface area contributed by atoms with Crippen LogP contribution in [0.15, 0.2) is 66.9 Å². The van der Waals surface area contributed by atoms with E-state index in [0.29, 0.717) is 32.7 Å². The second-order valence-corrected chi connectivity index (χ2v) is 12.4. The fraction of sp³-hybridized carbons (Fsp3) is 0.371. The lowest BCUT2D eigenvalue weighted by molar-refractivity contribution is -0.120. The maximum Gasteiger partial charge on any atom is 0.318 e. The molecule has 0 bridgehead atoms.